The van der Waals surface area contributed by atoms with E-state index in [2.05, 4.69) is 18.3 Å². The molecule has 0 fully saturated rings. The van der Waals surface area contributed by atoms with Gasteiger partial charge in [-0.15, -0.1) is 6.58 Å². The van der Waals surface area contributed by atoms with Crippen molar-refractivity contribution in [3.05, 3.63) is 48.6 Å². The van der Waals surface area contributed by atoms with Gasteiger partial charge in [0.25, 0.3) is 0 Å². The molecule has 1 aromatic carbocycles. The van der Waals surface area contributed by atoms with Crippen molar-refractivity contribution in [2.45, 2.75) is 6.42 Å². The molecule has 0 radical (unpaired) electrons. The van der Waals surface area contributed by atoms with Crippen molar-refractivity contribution < 1.29 is 14.7 Å². The van der Waals surface area contributed by atoms with E-state index in [9.17, 15) is 0 Å². The van der Waals surface area contributed by atoms with E-state index in [4.69, 9.17) is 14.7 Å². The fraction of sp³-hybridized carbons (Fsp3) is 0.214. The molecule has 0 aliphatic carbocycles. The van der Waals surface area contributed by atoms with E-state index in [0.717, 1.165) is 11.1 Å². The van der Waals surface area contributed by atoms with E-state index in [1.54, 1.807) is 25.3 Å². The lowest BCUT2D eigenvalue weighted by Gasteiger charge is -2.14. The van der Waals surface area contributed by atoms with Gasteiger partial charge in [0.15, 0.2) is 11.5 Å². The second-order valence-electron chi connectivity index (χ2n) is 3.55. The van der Waals surface area contributed by atoms with Crippen LogP contribution in [0.4, 0.5) is 0 Å². The highest BCUT2D eigenvalue weighted by Gasteiger charge is 2.11. The molecule has 1 rings (SSSR count). The molecular formula is C14H17NO3. The van der Waals surface area contributed by atoms with Crippen molar-refractivity contribution >= 4 is 6.21 Å². The fourth-order valence-corrected chi connectivity index (χ4v) is 1.59. The number of hydrogen-bond donors (Lipinski definition) is 1. The maximum atomic E-state index is 8.58. The number of rotatable bonds is 7. The van der Waals surface area contributed by atoms with Gasteiger partial charge >= 0.3 is 0 Å². The SMILES string of the molecule is C=CCOc1c(CC=C)cc(/C=N\O)cc1OC. The van der Waals surface area contributed by atoms with Crippen LogP contribution in [0.2, 0.25) is 0 Å². The summed E-state index contributed by atoms with van der Waals surface area (Å²) in [5.41, 5.74) is 1.65. The Morgan fingerprint density at radius 2 is 2.11 bits per heavy atom. The van der Waals surface area contributed by atoms with Crippen molar-refractivity contribution in [1.29, 1.82) is 0 Å². The summed E-state index contributed by atoms with van der Waals surface area (Å²) in [7, 11) is 1.56. The normalized spacial score (nSPS) is 10.3. The average Bonchev–Trinajstić information content (AvgIpc) is 2.37. The zero-order chi connectivity index (χ0) is 13.4. The van der Waals surface area contributed by atoms with Gasteiger partial charge in [-0.1, -0.05) is 23.9 Å². The molecule has 0 spiro atoms. The molecule has 0 heterocycles. The Balaban J connectivity index is 3.25. The first-order valence-electron chi connectivity index (χ1n) is 5.49. The van der Waals surface area contributed by atoms with Gasteiger partial charge in [0, 0.05) is 11.1 Å². The summed E-state index contributed by atoms with van der Waals surface area (Å²) >= 11 is 0. The lowest BCUT2D eigenvalue weighted by Crippen LogP contribution is -2.01. The highest BCUT2D eigenvalue weighted by Crippen LogP contribution is 2.33. The van der Waals surface area contributed by atoms with Crippen molar-refractivity contribution in [3.8, 4) is 11.5 Å². The van der Waals surface area contributed by atoms with Gasteiger partial charge in [-0.3, -0.25) is 0 Å². The topological polar surface area (TPSA) is 51.0 Å². The molecule has 96 valence electrons. The standard InChI is InChI=1S/C14H17NO3/c1-4-6-12-8-11(10-15-16)9-13(17-3)14(12)18-7-5-2/h4-5,8-10,16H,1-2,6-7H2,3H3/b15-10-. The molecule has 18 heavy (non-hydrogen) atoms. The number of ether oxygens (including phenoxy) is 2. The third kappa shape index (κ3) is 3.38. The van der Waals surface area contributed by atoms with Crippen LogP contribution in [0.1, 0.15) is 11.1 Å². The molecular weight excluding hydrogens is 230 g/mol. The molecule has 0 unspecified atom stereocenters. The van der Waals surface area contributed by atoms with Gasteiger partial charge in [-0.25, -0.2) is 0 Å². The van der Waals surface area contributed by atoms with Crippen LogP contribution in [0.5, 0.6) is 11.5 Å². The van der Waals surface area contributed by atoms with Crippen LogP contribution in [0.25, 0.3) is 0 Å². The first-order chi connectivity index (χ1) is 8.76. The van der Waals surface area contributed by atoms with E-state index in [1.807, 2.05) is 6.07 Å². The van der Waals surface area contributed by atoms with Crippen LogP contribution in [0, 0.1) is 0 Å². The summed E-state index contributed by atoms with van der Waals surface area (Å²) in [6.45, 7) is 7.72. The summed E-state index contributed by atoms with van der Waals surface area (Å²) in [5, 5.41) is 11.6. The number of oxime groups is 1. The molecule has 0 aliphatic heterocycles. The first kappa shape index (κ1) is 13.8. The monoisotopic (exact) mass is 247 g/mol. The van der Waals surface area contributed by atoms with E-state index < -0.39 is 0 Å². The lowest BCUT2D eigenvalue weighted by molar-refractivity contribution is 0.320. The number of allylic oxidation sites excluding steroid dienone is 1. The molecule has 0 saturated carbocycles. The van der Waals surface area contributed by atoms with Crippen LogP contribution in [0.3, 0.4) is 0 Å². The van der Waals surface area contributed by atoms with Gasteiger partial charge in [-0.05, 0) is 18.6 Å². The summed E-state index contributed by atoms with van der Waals surface area (Å²) in [5.74, 6) is 1.25. The van der Waals surface area contributed by atoms with Crippen LogP contribution in [-0.2, 0) is 6.42 Å². The average molecular weight is 247 g/mol. The smallest absolute Gasteiger partial charge is 0.165 e. The predicted octanol–water partition coefficient (Wildman–Crippen LogP) is 2.80. The van der Waals surface area contributed by atoms with Crippen LogP contribution < -0.4 is 9.47 Å². The minimum Gasteiger partial charge on any atom is -0.493 e. The molecule has 0 aromatic heterocycles. The zero-order valence-corrected chi connectivity index (χ0v) is 10.4. The van der Waals surface area contributed by atoms with E-state index in [1.165, 1.54) is 6.21 Å². The van der Waals surface area contributed by atoms with Gasteiger partial charge in [0.05, 0.1) is 13.3 Å². The molecule has 4 nitrogen and oxygen atoms in total. The number of benzene rings is 1. The van der Waals surface area contributed by atoms with Crippen LogP contribution in [-0.4, -0.2) is 25.1 Å². The van der Waals surface area contributed by atoms with Gasteiger partial charge in [-0.2, -0.15) is 0 Å². The highest BCUT2D eigenvalue weighted by atomic mass is 16.5. The third-order valence-electron chi connectivity index (χ3n) is 2.29. The second kappa shape index (κ2) is 7.17. The first-order valence-corrected chi connectivity index (χ1v) is 5.49. The quantitative estimate of drug-likeness (QED) is 0.349. The second-order valence-corrected chi connectivity index (χ2v) is 3.55. The third-order valence-corrected chi connectivity index (χ3v) is 2.29. The van der Waals surface area contributed by atoms with Crippen LogP contribution in [0.15, 0.2) is 42.6 Å². The summed E-state index contributed by atoms with van der Waals surface area (Å²) in [4.78, 5) is 0. The molecule has 0 bridgehead atoms. The van der Waals surface area contributed by atoms with Crippen molar-refractivity contribution in [2.24, 2.45) is 5.16 Å². The molecule has 0 atom stereocenters. The van der Waals surface area contributed by atoms with Gasteiger partial charge in [0.2, 0.25) is 0 Å². The van der Waals surface area contributed by atoms with Gasteiger partial charge < -0.3 is 14.7 Å². The summed E-state index contributed by atoms with van der Waals surface area (Å²) in [6, 6.07) is 3.60. The molecule has 1 aromatic rings. The van der Waals surface area contributed by atoms with E-state index in [0.29, 0.717) is 24.5 Å². The molecule has 0 amide bonds. The number of nitrogens with zero attached hydrogens (tertiary/aromatic N) is 1. The molecule has 1 N–H and O–H groups in total. The Morgan fingerprint density at radius 3 is 2.67 bits per heavy atom. The van der Waals surface area contributed by atoms with Crippen molar-refractivity contribution in [1.82, 2.24) is 0 Å². The zero-order valence-electron chi connectivity index (χ0n) is 10.4. The maximum Gasteiger partial charge on any atom is 0.165 e. The van der Waals surface area contributed by atoms with Crippen molar-refractivity contribution in [2.75, 3.05) is 13.7 Å². The Labute approximate surface area is 107 Å². The number of hydrogen-bond acceptors (Lipinski definition) is 4. The van der Waals surface area contributed by atoms with Crippen LogP contribution >= 0.6 is 0 Å². The van der Waals surface area contributed by atoms with Crippen molar-refractivity contribution in [3.63, 3.8) is 0 Å². The Morgan fingerprint density at radius 1 is 1.33 bits per heavy atom. The number of methoxy groups -OCH3 is 1. The van der Waals surface area contributed by atoms with E-state index >= 15 is 0 Å². The summed E-state index contributed by atoms with van der Waals surface area (Å²) < 4.78 is 10.9. The maximum absolute atomic E-state index is 8.58. The fourth-order valence-electron chi connectivity index (χ4n) is 1.59. The minimum absolute atomic E-state index is 0.397. The largest absolute Gasteiger partial charge is 0.493 e. The Hall–Kier alpha value is -2.23. The summed E-state index contributed by atoms with van der Waals surface area (Å²) in [6.07, 6.45) is 5.41. The Bertz CT molecular complexity index is 453. The highest BCUT2D eigenvalue weighted by molar-refractivity contribution is 5.81. The predicted molar refractivity (Wildman–Crippen MR) is 72.0 cm³/mol. The minimum atomic E-state index is 0.397. The molecule has 0 aliphatic rings. The molecule has 0 saturated heterocycles. The van der Waals surface area contributed by atoms with Gasteiger partial charge in [0.1, 0.15) is 6.61 Å². The Kier molecular flexibility index (Phi) is 5.51. The lowest BCUT2D eigenvalue weighted by atomic mass is 10.1. The molecule has 4 heteroatoms. The van der Waals surface area contributed by atoms with E-state index in [-0.39, 0.29) is 0 Å².